The van der Waals surface area contributed by atoms with E-state index in [0.29, 0.717) is 65.2 Å². The van der Waals surface area contributed by atoms with Crippen molar-refractivity contribution < 1.29 is 50.2 Å². The summed E-state index contributed by atoms with van der Waals surface area (Å²) >= 11 is 1.45. The van der Waals surface area contributed by atoms with Crippen LogP contribution >= 0.6 is 11.3 Å². The fourth-order valence-electron chi connectivity index (χ4n) is 8.49. The fourth-order valence-corrected chi connectivity index (χ4v) is 10.8. The molecule has 2 aliphatic carbocycles. The van der Waals surface area contributed by atoms with Gasteiger partial charge in [-0.3, -0.25) is 19.1 Å². The summed E-state index contributed by atoms with van der Waals surface area (Å²) in [7, 11) is -2.39. The molecule has 0 spiro atoms. The number of aromatic nitrogens is 2. The number of carbonyl (C=O) groups is 3. The number of fused-ring (bicyclic) bond motifs is 3. The van der Waals surface area contributed by atoms with Gasteiger partial charge >= 0.3 is 6.36 Å². The highest BCUT2D eigenvalue weighted by molar-refractivity contribution is 7.91. The Morgan fingerprint density at radius 2 is 1.84 bits per heavy atom. The number of allylic oxidation sites excluding steroid dienone is 1. The number of sulfonamides is 1. The first-order valence-corrected chi connectivity index (χ1v) is 24.0. The highest BCUT2D eigenvalue weighted by Crippen LogP contribution is 2.46. The quantitative estimate of drug-likeness (QED) is 0.127. The molecule has 0 radical (unpaired) electrons. The van der Waals surface area contributed by atoms with Crippen LogP contribution in [0.25, 0.3) is 21.6 Å². The molecule has 3 fully saturated rings. The van der Waals surface area contributed by atoms with E-state index in [1.807, 2.05) is 30.5 Å². The van der Waals surface area contributed by atoms with Crippen LogP contribution in [0.4, 0.5) is 18.9 Å². The van der Waals surface area contributed by atoms with Crippen molar-refractivity contribution in [3.63, 3.8) is 0 Å². The molecule has 4 aromatic rings. The number of hydrogen-bond acceptors (Lipinski definition) is 12. The van der Waals surface area contributed by atoms with Gasteiger partial charge in [0, 0.05) is 46.5 Å². The number of carbonyl (C=O) groups excluding carboxylic acids is 3. The Bertz CT molecular complexity index is 2580. The lowest BCUT2D eigenvalue weighted by atomic mass is 10.0. The van der Waals surface area contributed by atoms with Gasteiger partial charge in [-0.25, -0.2) is 18.4 Å². The van der Waals surface area contributed by atoms with Gasteiger partial charge in [-0.1, -0.05) is 44.9 Å². The molecule has 3 N–H and O–H groups in total. The third-order valence-electron chi connectivity index (χ3n) is 12.2. The second-order valence-corrected chi connectivity index (χ2v) is 20.1. The third kappa shape index (κ3) is 9.79. The molecule has 2 aliphatic heterocycles. The van der Waals surface area contributed by atoms with E-state index in [4.69, 9.17) is 19.4 Å². The number of aryl methyl sites for hydroxylation is 1. The van der Waals surface area contributed by atoms with Crippen molar-refractivity contribution in [3.05, 3.63) is 71.3 Å². The standard InChI is InChI=1S/C45H51F3N6O8S2/c1-25(2)35-24-63-41(51-35)34-21-38(32-17-18-37(60-4)26(3)39(32)50-34)61-30-20-36-40(55)52-44(43(57)53-64(58,59)31-15-16-31)22-27(44)11-8-6-5-7-9-14-33(42(56)54(36)23-30)49-28-12-10-13-29(19-28)62-45(46,47)48/h8,10-13,17-19,21,24-25,27,30-31,33,36,49H,5-7,9,14-16,20,22-23H2,1-4H3,(H,52,55)(H,53,57)/b11-8-/t27-,30+,33-,36-,44+/m0/s1. The maximum atomic E-state index is 14.9. The van der Waals surface area contributed by atoms with Crippen LogP contribution in [0.3, 0.4) is 0 Å². The van der Waals surface area contributed by atoms with Crippen molar-refractivity contribution in [1.29, 1.82) is 0 Å². The molecule has 14 nitrogen and oxygen atoms in total. The Kier molecular flexibility index (Phi) is 12.6. The molecule has 2 saturated carbocycles. The van der Waals surface area contributed by atoms with E-state index in [-0.39, 0.29) is 37.4 Å². The number of alkyl halides is 3. The van der Waals surface area contributed by atoms with Crippen LogP contribution in [0.2, 0.25) is 0 Å². The molecule has 0 unspecified atom stereocenters. The summed E-state index contributed by atoms with van der Waals surface area (Å²) in [5.74, 6) is -1.75. The Labute approximate surface area is 373 Å². The fraction of sp³-hybridized carbons (Fsp3) is 0.489. The highest BCUT2D eigenvalue weighted by atomic mass is 32.2. The van der Waals surface area contributed by atoms with E-state index in [1.165, 1.54) is 28.4 Å². The number of hydrogen-bond donors (Lipinski definition) is 3. The number of anilines is 1. The van der Waals surface area contributed by atoms with Crippen molar-refractivity contribution in [2.45, 2.75) is 120 Å². The van der Waals surface area contributed by atoms with E-state index < -0.39 is 74.8 Å². The summed E-state index contributed by atoms with van der Waals surface area (Å²) < 4.78 is 84.4. The molecule has 342 valence electrons. The summed E-state index contributed by atoms with van der Waals surface area (Å²) in [5, 5.41) is 8.65. The number of halogens is 3. The van der Waals surface area contributed by atoms with Gasteiger partial charge < -0.3 is 29.7 Å². The van der Waals surface area contributed by atoms with Gasteiger partial charge in [0.2, 0.25) is 21.8 Å². The van der Waals surface area contributed by atoms with Gasteiger partial charge in [0.05, 0.1) is 30.1 Å². The summed E-state index contributed by atoms with van der Waals surface area (Å²) in [4.78, 5) is 54.8. The van der Waals surface area contributed by atoms with E-state index in [2.05, 4.69) is 33.9 Å². The molecule has 5 atom stereocenters. The molecular weight excluding hydrogens is 874 g/mol. The number of benzene rings is 2. The second kappa shape index (κ2) is 17.9. The number of methoxy groups -OCH3 is 1. The summed E-state index contributed by atoms with van der Waals surface area (Å²) in [5.41, 5.74) is 1.46. The van der Waals surface area contributed by atoms with Crippen LogP contribution in [-0.4, -0.2) is 90.0 Å². The van der Waals surface area contributed by atoms with Crippen molar-refractivity contribution >= 4 is 55.7 Å². The lowest BCUT2D eigenvalue weighted by Gasteiger charge is -2.30. The average Bonchev–Trinajstić information content (AvgIpc) is 4.11. The minimum absolute atomic E-state index is 0.0131. The maximum Gasteiger partial charge on any atom is 0.573 e. The van der Waals surface area contributed by atoms with Crippen LogP contribution < -0.4 is 29.6 Å². The molecule has 2 aromatic carbocycles. The van der Waals surface area contributed by atoms with Crippen LogP contribution in [-0.2, 0) is 24.4 Å². The molecule has 3 amide bonds. The molecule has 8 rings (SSSR count). The van der Waals surface area contributed by atoms with Crippen LogP contribution in [0.5, 0.6) is 17.2 Å². The number of amides is 3. The minimum atomic E-state index is -4.93. The zero-order chi connectivity index (χ0) is 45.6. The second-order valence-electron chi connectivity index (χ2n) is 17.3. The number of rotatable bonds is 11. The molecule has 4 heterocycles. The van der Waals surface area contributed by atoms with Crippen molar-refractivity contribution in [1.82, 2.24) is 24.9 Å². The smallest absolute Gasteiger partial charge is 0.496 e. The monoisotopic (exact) mass is 924 g/mol. The molecule has 1 saturated heterocycles. The number of nitrogens with one attached hydrogen (secondary N) is 3. The number of nitrogens with zero attached hydrogens (tertiary/aromatic N) is 3. The Morgan fingerprint density at radius 1 is 1.05 bits per heavy atom. The summed E-state index contributed by atoms with van der Waals surface area (Å²) in [6.45, 7) is 5.91. The van der Waals surface area contributed by atoms with Crippen LogP contribution in [0.1, 0.15) is 88.8 Å². The van der Waals surface area contributed by atoms with E-state index in [1.54, 1.807) is 19.2 Å². The Hall–Kier alpha value is -5.43. The van der Waals surface area contributed by atoms with Crippen molar-refractivity contribution in [2.75, 3.05) is 19.0 Å². The predicted octanol–water partition coefficient (Wildman–Crippen LogP) is 7.53. The third-order valence-corrected chi connectivity index (χ3v) is 14.9. The summed E-state index contributed by atoms with van der Waals surface area (Å²) in [6, 6.07) is 8.46. The van der Waals surface area contributed by atoms with Gasteiger partial charge in [0.15, 0.2) is 0 Å². The average molecular weight is 925 g/mol. The molecule has 64 heavy (non-hydrogen) atoms. The van der Waals surface area contributed by atoms with Gasteiger partial charge in [-0.2, -0.15) is 0 Å². The van der Waals surface area contributed by atoms with Crippen LogP contribution in [0.15, 0.2) is 60.0 Å². The molecule has 2 aromatic heterocycles. The zero-order valence-electron chi connectivity index (χ0n) is 35.9. The predicted molar refractivity (Wildman–Crippen MR) is 235 cm³/mol. The van der Waals surface area contributed by atoms with E-state index in [0.717, 1.165) is 29.8 Å². The molecular formula is C45H51F3N6O8S2. The van der Waals surface area contributed by atoms with Crippen molar-refractivity contribution in [3.8, 4) is 28.0 Å². The first kappa shape index (κ1) is 45.1. The molecule has 4 aliphatic rings. The summed E-state index contributed by atoms with van der Waals surface area (Å²) in [6.07, 6.45) is 1.98. The maximum absolute atomic E-state index is 14.9. The first-order chi connectivity index (χ1) is 30.4. The van der Waals surface area contributed by atoms with Gasteiger partial charge in [0.25, 0.3) is 5.91 Å². The lowest BCUT2D eigenvalue weighted by Crippen LogP contribution is -2.57. The zero-order valence-corrected chi connectivity index (χ0v) is 37.5. The molecule has 19 heteroatoms. The Balaban J connectivity index is 1.15. The minimum Gasteiger partial charge on any atom is -0.496 e. The van der Waals surface area contributed by atoms with Crippen LogP contribution in [0, 0.1) is 12.8 Å². The number of ether oxygens (including phenoxy) is 3. The molecule has 0 bridgehead atoms. The first-order valence-electron chi connectivity index (χ1n) is 21.5. The van der Waals surface area contributed by atoms with E-state index in [9.17, 15) is 36.0 Å². The SMILES string of the molecule is COc1ccc2c(O[C@@H]3C[C@H]4C(=O)N[C@]5(C(=O)NS(=O)(=O)C6CC6)C[C@@H]5/C=C\CCCCC[C@H](Nc5cccc(OC(F)(F)F)c5)C(=O)N4C3)cc(-c3nc(C(C)C)cs3)nc2c1C. The normalized spacial score (nSPS) is 24.8. The van der Waals surface area contributed by atoms with Gasteiger partial charge in [-0.15, -0.1) is 24.5 Å². The topological polar surface area (TPSA) is 178 Å². The van der Waals surface area contributed by atoms with E-state index >= 15 is 0 Å². The lowest BCUT2D eigenvalue weighted by molar-refractivity contribution is -0.274. The number of thiazole rings is 1. The van der Waals surface area contributed by atoms with Gasteiger partial charge in [-0.05, 0) is 75.6 Å². The largest absolute Gasteiger partial charge is 0.573 e. The van der Waals surface area contributed by atoms with Gasteiger partial charge in [0.1, 0.15) is 51.7 Å². The highest BCUT2D eigenvalue weighted by Gasteiger charge is 2.62. The Morgan fingerprint density at radius 3 is 2.56 bits per heavy atom. The van der Waals surface area contributed by atoms with Crippen molar-refractivity contribution in [2.24, 2.45) is 5.92 Å². The number of pyridine rings is 1.